The molecule has 1 heterocycles. The van der Waals surface area contributed by atoms with Crippen molar-refractivity contribution in [3.8, 4) is 0 Å². The van der Waals surface area contributed by atoms with Gasteiger partial charge >= 0.3 is 0 Å². The summed E-state index contributed by atoms with van der Waals surface area (Å²) in [6, 6.07) is 7.02. The van der Waals surface area contributed by atoms with Crippen molar-refractivity contribution in [2.24, 2.45) is 13.0 Å². The third kappa shape index (κ3) is 2.88. The summed E-state index contributed by atoms with van der Waals surface area (Å²) in [4.78, 5) is 4.25. The van der Waals surface area contributed by atoms with E-state index in [0.29, 0.717) is 11.8 Å². The quantitative estimate of drug-likeness (QED) is 0.910. The summed E-state index contributed by atoms with van der Waals surface area (Å²) in [6.45, 7) is 3.02. The molecule has 0 saturated heterocycles. The lowest BCUT2D eigenvalue weighted by Crippen LogP contribution is -2.22. The number of aryl methyl sites for hydroxylation is 1. The van der Waals surface area contributed by atoms with E-state index >= 15 is 0 Å². The molecule has 5 heteroatoms. The van der Waals surface area contributed by atoms with Gasteiger partial charge in [-0.1, -0.05) is 12.1 Å². The molecule has 1 aromatic carbocycles. The molecule has 3 atom stereocenters. The number of hydrogen-bond acceptors (Lipinski definition) is 3. The van der Waals surface area contributed by atoms with Crippen LogP contribution in [0.5, 0.6) is 0 Å². The second-order valence-corrected chi connectivity index (χ2v) is 5.56. The Morgan fingerprint density at radius 3 is 2.80 bits per heavy atom. The molecule has 1 N–H and O–H groups in total. The second-order valence-electron chi connectivity index (χ2n) is 5.56. The van der Waals surface area contributed by atoms with Gasteiger partial charge in [0.15, 0.2) is 5.82 Å². The molecule has 1 saturated carbocycles. The van der Waals surface area contributed by atoms with Crippen molar-refractivity contribution in [1.29, 1.82) is 0 Å². The summed E-state index contributed by atoms with van der Waals surface area (Å²) >= 11 is 0. The zero-order valence-electron chi connectivity index (χ0n) is 11.8. The van der Waals surface area contributed by atoms with Crippen LogP contribution in [0.4, 0.5) is 4.39 Å². The van der Waals surface area contributed by atoms with Gasteiger partial charge in [-0.2, -0.15) is 5.10 Å². The van der Waals surface area contributed by atoms with Crippen LogP contribution in [0, 0.1) is 11.7 Å². The molecule has 0 unspecified atom stereocenters. The number of rotatable bonds is 5. The monoisotopic (exact) mass is 274 g/mol. The Hall–Kier alpha value is -1.75. The molecular formula is C15H19FN4. The van der Waals surface area contributed by atoms with E-state index in [9.17, 15) is 4.39 Å². The Labute approximate surface area is 118 Å². The molecule has 1 aromatic heterocycles. The van der Waals surface area contributed by atoms with Gasteiger partial charge < -0.3 is 5.32 Å². The summed E-state index contributed by atoms with van der Waals surface area (Å²) in [7, 11) is 1.87. The molecule has 4 nitrogen and oxygen atoms in total. The third-order valence-electron chi connectivity index (χ3n) is 3.91. The molecule has 1 fully saturated rings. The number of benzene rings is 1. The fraction of sp³-hybridized carbons (Fsp3) is 0.467. The number of halogens is 1. The Kier molecular flexibility index (Phi) is 3.53. The van der Waals surface area contributed by atoms with Crippen molar-refractivity contribution < 1.29 is 4.39 Å². The van der Waals surface area contributed by atoms with Crippen molar-refractivity contribution in [2.75, 3.05) is 6.54 Å². The van der Waals surface area contributed by atoms with Gasteiger partial charge in [0, 0.05) is 7.05 Å². The molecular weight excluding hydrogens is 255 g/mol. The van der Waals surface area contributed by atoms with Crippen molar-refractivity contribution in [1.82, 2.24) is 20.1 Å². The van der Waals surface area contributed by atoms with Gasteiger partial charge in [-0.3, -0.25) is 4.68 Å². The molecule has 106 valence electrons. The highest BCUT2D eigenvalue weighted by atomic mass is 19.1. The maximum Gasteiger partial charge on any atom is 0.167 e. The van der Waals surface area contributed by atoms with E-state index in [1.807, 2.05) is 19.2 Å². The zero-order valence-corrected chi connectivity index (χ0v) is 11.8. The highest BCUT2D eigenvalue weighted by Gasteiger charge is 2.38. The van der Waals surface area contributed by atoms with Gasteiger partial charge in [0.1, 0.15) is 12.1 Å². The van der Waals surface area contributed by atoms with E-state index in [2.05, 4.69) is 22.3 Å². The first-order chi connectivity index (χ1) is 9.63. The molecule has 1 aliphatic rings. The van der Waals surface area contributed by atoms with Crippen LogP contribution in [-0.4, -0.2) is 21.3 Å². The Morgan fingerprint density at radius 1 is 1.40 bits per heavy atom. The highest BCUT2D eigenvalue weighted by Crippen LogP contribution is 2.47. The Bertz CT molecular complexity index is 578. The summed E-state index contributed by atoms with van der Waals surface area (Å²) in [5.41, 5.74) is 1.24. The van der Waals surface area contributed by atoms with Crippen LogP contribution in [0.2, 0.25) is 0 Å². The van der Waals surface area contributed by atoms with E-state index < -0.39 is 0 Å². The van der Waals surface area contributed by atoms with Gasteiger partial charge in [-0.15, -0.1) is 0 Å². The van der Waals surface area contributed by atoms with Crippen molar-refractivity contribution in [3.63, 3.8) is 0 Å². The number of hydrogen-bond donors (Lipinski definition) is 1. The fourth-order valence-electron chi connectivity index (χ4n) is 2.57. The maximum absolute atomic E-state index is 12.9. The third-order valence-corrected chi connectivity index (χ3v) is 3.91. The molecule has 3 rings (SSSR count). The smallest absolute Gasteiger partial charge is 0.167 e. The van der Waals surface area contributed by atoms with Crippen LogP contribution >= 0.6 is 0 Å². The first-order valence-corrected chi connectivity index (χ1v) is 6.98. The number of nitrogens with one attached hydrogen (secondary N) is 1. The van der Waals surface area contributed by atoms with Gasteiger partial charge in [0.25, 0.3) is 0 Å². The van der Waals surface area contributed by atoms with Crippen LogP contribution in [-0.2, 0) is 7.05 Å². The number of aromatic nitrogens is 3. The van der Waals surface area contributed by atoms with Gasteiger partial charge in [-0.25, -0.2) is 9.37 Å². The molecule has 0 bridgehead atoms. The van der Waals surface area contributed by atoms with Gasteiger partial charge in [-0.05, 0) is 49.4 Å². The minimum Gasteiger partial charge on any atom is -0.307 e. The zero-order chi connectivity index (χ0) is 14.1. The van der Waals surface area contributed by atoms with Crippen molar-refractivity contribution >= 4 is 0 Å². The van der Waals surface area contributed by atoms with Crippen LogP contribution in [0.3, 0.4) is 0 Å². The lowest BCUT2D eigenvalue weighted by Gasteiger charge is -2.10. The largest absolute Gasteiger partial charge is 0.307 e. The molecule has 0 radical (unpaired) electrons. The summed E-state index contributed by atoms with van der Waals surface area (Å²) in [5, 5.41) is 7.77. The second kappa shape index (κ2) is 5.32. The van der Waals surface area contributed by atoms with E-state index in [1.54, 1.807) is 23.1 Å². The van der Waals surface area contributed by atoms with Crippen molar-refractivity contribution in [3.05, 3.63) is 47.8 Å². The summed E-state index contributed by atoms with van der Waals surface area (Å²) in [5.74, 6) is 1.85. The molecule has 0 amide bonds. The van der Waals surface area contributed by atoms with E-state index in [-0.39, 0.29) is 11.9 Å². The van der Waals surface area contributed by atoms with Gasteiger partial charge in [0.2, 0.25) is 0 Å². The molecule has 20 heavy (non-hydrogen) atoms. The first-order valence-electron chi connectivity index (χ1n) is 6.98. The van der Waals surface area contributed by atoms with Crippen LogP contribution < -0.4 is 5.32 Å². The summed E-state index contributed by atoms with van der Waals surface area (Å²) in [6.07, 6.45) is 2.88. The molecule has 1 aliphatic carbocycles. The maximum atomic E-state index is 12.9. The minimum absolute atomic E-state index is 0.158. The predicted molar refractivity (Wildman–Crippen MR) is 74.7 cm³/mol. The lowest BCUT2D eigenvalue weighted by molar-refractivity contribution is 0.518. The SMILES string of the molecule is C[C@H](NC[C@@H]1C[C@H]1c1ccc(F)cc1)c1ncn(C)n1. The average Bonchev–Trinajstić information content (AvgIpc) is 3.09. The van der Waals surface area contributed by atoms with E-state index in [0.717, 1.165) is 12.4 Å². The van der Waals surface area contributed by atoms with Crippen LogP contribution in [0.15, 0.2) is 30.6 Å². The first kappa shape index (κ1) is 13.2. The standard InChI is InChI=1S/C15H19FN4/c1-10(15-18-9-20(2)19-15)17-8-12-7-14(12)11-3-5-13(16)6-4-11/h3-6,9-10,12,14,17H,7-8H2,1-2H3/t10-,12-,14-/m0/s1. The lowest BCUT2D eigenvalue weighted by atomic mass is 10.1. The Morgan fingerprint density at radius 2 is 2.15 bits per heavy atom. The Balaban J connectivity index is 1.50. The van der Waals surface area contributed by atoms with E-state index in [4.69, 9.17) is 0 Å². The fourth-order valence-corrected chi connectivity index (χ4v) is 2.57. The summed E-state index contributed by atoms with van der Waals surface area (Å²) < 4.78 is 14.6. The molecule has 0 spiro atoms. The predicted octanol–water partition coefficient (Wildman–Crippen LogP) is 2.41. The topological polar surface area (TPSA) is 42.7 Å². The van der Waals surface area contributed by atoms with Crippen LogP contribution in [0.1, 0.15) is 36.7 Å². The van der Waals surface area contributed by atoms with Gasteiger partial charge in [0.05, 0.1) is 6.04 Å². The average molecular weight is 274 g/mol. The van der Waals surface area contributed by atoms with E-state index in [1.165, 1.54) is 12.0 Å². The molecule has 0 aliphatic heterocycles. The number of nitrogens with zero attached hydrogens (tertiary/aromatic N) is 3. The van der Waals surface area contributed by atoms with Crippen molar-refractivity contribution in [2.45, 2.75) is 25.3 Å². The van der Waals surface area contributed by atoms with Crippen LogP contribution in [0.25, 0.3) is 0 Å². The highest BCUT2D eigenvalue weighted by molar-refractivity contribution is 5.26. The molecule has 2 aromatic rings. The normalized spacial score (nSPS) is 22.8. The minimum atomic E-state index is -0.168.